The number of para-hydroxylation sites is 1. The zero-order valence-electron chi connectivity index (χ0n) is 17.5. The third-order valence-corrected chi connectivity index (χ3v) is 5.64. The summed E-state index contributed by atoms with van der Waals surface area (Å²) in [6.07, 6.45) is 3.80. The Morgan fingerprint density at radius 2 is 1.81 bits per heavy atom. The van der Waals surface area contributed by atoms with Gasteiger partial charge in [0.25, 0.3) is 5.91 Å². The van der Waals surface area contributed by atoms with Gasteiger partial charge in [-0.05, 0) is 38.1 Å². The molecular formula is C24H21N5O3. The van der Waals surface area contributed by atoms with Gasteiger partial charge in [0, 0.05) is 34.6 Å². The summed E-state index contributed by atoms with van der Waals surface area (Å²) < 4.78 is 2.03. The van der Waals surface area contributed by atoms with Gasteiger partial charge in [-0.15, -0.1) is 0 Å². The van der Waals surface area contributed by atoms with E-state index in [1.54, 1.807) is 43.6 Å². The maximum atomic E-state index is 13.2. The maximum absolute atomic E-state index is 13.2. The van der Waals surface area contributed by atoms with Crippen LogP contribution in [0.3, 0.4) is 0 Å². The minimum Gasteiger partial charge on any atom is -0.364 e. The Hall–Kier alpha value is -4.01. The quantitative estimate of drug-likeness (QED) is 0.342. The molecule has 5 rings (SSSR count). The van der Waals surface area contributed by atoms with Crippen LogP contribution in [0.2, 0.25) is 0 Å². The number of nitrogens with zero attached hydrogens (tertiary/aromatic N) is 4. The number of hydrogen-bond donors (Lipinski definition) is 3. The first-order chi connectivity index (χ1) is 15.5. The molecule has 3 heterocycles. The topological polar surface area (TPSA) is 107 Å². The molecule has 0 unspecified atom stereocenters. The summed E-state index contributed by atoms with van der Waals surface area (Å²) >= 11 is 0. The van der Waals surface area contributed by atoms with Crippen molar-refractivity contribution in [2.75, 3.05) is 5.01 Å². The van der Waals surface area contributed by atoms with E-state index in [1.165, 1.54) is 5.01 Å². The van der Waals surface area contributed by atoms with E-state index < -0.39 is 6.29 Å². The fourth-order valence-electron chi connectivity index (χ4n) is 4.02. The number of aliphatic hydroxyl groups excluding tert-OH is 1. The number of hydrazone groups is 1. The molecule has 0 saturated carbocycles. The van der Waals surface area contributed by atoms with E-state index in [-0.39, 0.29) is 5.91 Å². The van der Waals surface area contributed by atoms with Crippen LogP contribution in [0.1, 0.15) is 30.0 Å². The van der Waals surface area contributed by atoms with E-state index in [1.807, 2.05) is 41.8 Å². The van der Waals surface area contributed by atoms with Crippen molar-refractivity contribution in [2.24, 2.45) is 5.10 Å². The summed E-state index contributed by atoms with van der Waals surface area (Å²) in [4.78, 5) is 20.8. The van der Waals surface area contributed by atoms with E-state index >= 15 is 0 Å². The number of imidazole rings is 1. The Balaban J connectivity index is 1.58. The predicted octanol–water partition coefficient (Wildman–Crippen LogP) is 3.45. The Kier molecular flexibility index (Phi) is 4.73. The van der Waals surface area contributed by atoms with Crippen molar-refractivity contribution in [3.05, 3.63) is 83.3 Å². The van der Waals surface area contributed by atoms with Gasteiger partial charge < -0.3 is 15.2 Å². The molecule has 8 heteroatoms. The number of carbonyl (C=O) groups is 1. The summed E-state index contributed by atoms with van der Waals surface area (Å²) in [5.41, 5.74) is 4.87. The predicted molar refractivity (Wildman–Crippen MR) is 122 cm³/mol. The van der Waals surface area contributed by atoms with Gasteiger partial charge in [-0.3, -0.25) is 9.36 Å². The molecule has 2 aromatic heterocycles. The molecule has 8 nitrogen and oxygen atoms in total. The maximum Gasteiger partial charge on any atom is 0.280 e. The Morgan fingerprint density at radius 3 is 2.50 bits per heavy atom. The van der Waals surface area contributed by atoms with Gasteiger partial charge in [0.2, 0.25) is 5.95 Å². The number of amides is 1. The molecule has 0 fully saturated rings. The van der Waals surface area contributed by atoms with Crippen molar-refractivity contribution in [1.82, 2.24) is 14.5 Å². The monoisotopic (exact) mass is 427 g/mol. The summed E-state index contributed by atoms with van der Waals surface area (Å²) in [7, 11) is 0. The minimum absolute atomic E-state index is 0.242. The molecule has 0 aliphatic carbocycles. The van der Waals surface area contributed by atoms with E-state index in [4.69, 9.17) is 0 Å². The van der Waals surface area contributed by atoms with Crippen LogP contribution < -0.4 is 5.01 Å². The molecule has 1 aliphatic rings. The third-order valence-electron chi connectivity index (χ3n) is 5.64. The van der Waals surface area contributed by atoms with Gasteiger partial charge in [-0.25, -0.2) is 4.98 Å². The van der Waals surface area contributed by atoms with E-state index in [0.29, 0.717) is 28.5 Å². The first-order valence-electron chi connectivity index (χ1n) is 10.1. The largest absolute Gasteiger partial charge is 0.364 e. The fraction of sp³-hybridized carbons (Fsp3) is 0.125. The average Bonchev–Trinajstić information content (AvgIpc) is 3.48. The van der Waals surface area contributed by atoms with Gasteiger partial charge in [-0.2, -0.15) is 10.1 Å². The summed E-state index contributed by atoms with van der Waals surface area (Å²) in [5.74, 6) is 0.466. The van der Waals surface area contributed by atoms with Gasteiger partial charge in [0.1, 0.15) is 0 Å². The lowest BCUT2D eigenvalue weighted by Gasteiger charge is -2.13. The van der Waals surface area contributed by atoms with E-state index in [0.717, 1.165) is 22.2 Å². The van der Waals surface area contributed by atoms with Crippen LogP contribution >= 0.6 is 0 Å². The molecule has 0 spiro atoms. The summed E-state index contributed by atoms with van der Waals surface area (Å²) in [6.45, 7) is 3.80. The van der Waals surface area contributed by atoms with Crippen molar-refractivity contribution < 1.29 is 15.0 Å². The van der Waals surface area contributed by atoms with Crippen molar-refractivity contribution in [1.29, 1.82) is 0 Å². The number of aromatic nitrogens is 3. The number of carbonyl (C=O) groups excluding carboxylic acids is 1. The molecule has 160 valence electrons. The van der Waals surface area contributed by atoms with Crippen molar-refractivity contribution in [3.8, 4) is 5.95 Å². The molecule has 0 bridgehead atoms. The van der Waals surface area contributed by atoms with Crippen LogP contribution in [0.15, 0.2) is 71.6 Å². The van der Waals surface area contributed by atoms with E-state index in [9.17, 15) is 15.0 Å². The molecular weight excluding hydrogens is 406 g/mol. The van der Waals surface area contributed by atoms with Crippen LogP contribution in [-0.2, 0) is 4.79 Å². The molecule has 0 radical (unpaired) electrons. The minimum atomic E-state index is -1.56. The normalized spacial score (nSPS) is 15.4. The number of aromatic amines is 1. The highest BCUT2D eigenvalue weighted by Gasteiger charge is 2.29. The van der Waals surface area contributed by atoms with Crippen LogP contribution in [0.4, 0.5) is 5.69 Å². The number of rotatable bonds is 4. The lowest BCUT2D eigenvalue weighted by molar-refractivity contribution is -0.114. The molecule has 1 aliphatic heterocycles. The van der Waals surface area contributed by atoms with Gasteiger partial charge in [0.15, 0.2) is 6.29 Å². The average molecular weight is 427 g/mol. The number of fused-ring (bicyclic) bond motifs is 1. The highest BCUT2D eigenvalue weighted by molar-refractivity contribution is 6.32. The lowest BCUT2D eigenvalue weighted by Crippen LogP contribution is -2.21. The number of nitrogens with one attached hydrogen (secondary N) is 1. The molecule has 1 amide bonds. The second-order valence-electron chi connectivity index (χ2n) is 7.59. The van der Waals surface area contributed by atoms with Crippen LogP contribution in [0.25, 0.3) is 22.9 Å². The van der Waals surface area contributed by atoms with Crippen molar-refractivity contribution in [3.63, 3.8) is 0 Å². The third kappa shape index (κ3) is 3.13. The lowest BCUT2D eigenvalue weighted by atomic mass is 10.0. The fourth-order valence-corrected chi connectivity index (χ4v) is 4.02. The Labute approximate surface area is 183 Å². The first-order valence-corrected chi connectivity index (χ1v) is 10.1. The van der Waals surface area contributed by atoms with Crippen LogP contribution in [0, 0.1) is 6.92 Å². The van der Waals surface area contributed by atoms with Gasteiger partial charge >= 0.3 is 0 Å². The van der Waals surface area contributed by atoms with Crippen molar-refractivity contribution >= 4 is 34.3 Å². The van der Waals surface area contributed by atoms with Gasteiger partial charge in [0.05, 0.1) is 22.5 Å². The van der Waals surface area contributed by atoms with Crippen LogP contribution in [0.5, 0.6) is 0 Å². The molecule has 2 aromatic carbocycles. The number of hydrogen-bond acceptors (Lipinski definition) is 5. The molecule has 4 aromatic rings. The smallest absolute Gasteiger partial charge is 0.280 e. The van der Waals surface area contributed by atoms with E-state index in [2.05, 4.69) is 15.1 Å². The van der Waals surface area contributed by atoms with Crippen molar-refractivity contribution in [2.45, 2.75) is 20.1 Å². The Morgan fingerprint density at radius 1 is 1.06 bits per heavy atom. The highest BCUT2D eigenvalue weighted by Crippen LogP contribution is 2.32. The standard InChI is InChI=1S/C24H21N5O3/c1-14-19(22(30)29(27-14)17-9-7-16(8-10-17)23(31)32)13-20-15(2)28(24-25-11-12-26-24)21-6-4-3-5-18(20)21/h3-13,23,31-32H,1-2H3,(H,25,26). The molecule has 0 saturated heterocycles. The zero-order valence-corrected chi connectivity index (χ0v) is 17.5. The van der Waals surface area contributed by atoms with Crippen LogP contribution in [-0.4, -0.2) is 36.4 Å². The first kappa shape index (κ1) is 19.9. The highest BCUT2D eigenvalue weighted by atomic mass is 16.5. The number of aliphatic hydroxyl groups is 2. The number of anilines is 1. The van der Waals surface area contributed by atoms with Gasteiger partial charge in [-0.1, -0.05) is 30.3 Å². The second-order valence-corrected chi connectivity index (χ2v) is 7.59. The number of benzene rings is 2. The molecule has 3 N–H and O–H groups in total. The SMILES string of the molecule is CC1=NN(c2ccc(C(O)O)cc2)C(=O)C1=Cc1c(C)n(-c2ncc[nH]2)c2ccccc12. The summed E-state index contributed by atoms with van der Waals surface area (Å²) in [5, 5.41) is 25.4. The molecule has 32 heavy (non-hydrogen) atoms. The zero-order chi connectivity index (χ0) is 22.4. The molecule has 0 atom stereocenters. The second kappa shape index (κ2) is 7.60. The Bertz CT molecular complexity index is 1380. The summed E-state index contributed by atoms with van der Waals surface area (Å²) in [6, 6.07) is 14.4. The number of H-pyrrole nitrogens is 1.